The second-order valence-corrected chi connectivity index (χ2v) is 6.25. The maximum Gasteiger partial charge on any atom is 0.389 e. The molecule has 2 rings (SSSR count). The van der Waals surface area contributed by atoms with E-state index in [9.17, 15) is 13.2 Å². The van der Waals surface area contributed by atoms with Crippen molar-refractivity contribution in [2.75, 3.05) is 26.2 Å². The molecule has 0 spiro atoms. The van der Waals surface area contributed by atoms with Crippen molar-refractivity contribution in [3.8, 4) is 0 Å². The lowest BCUT2D eigenvalue weighted by molar-refractivity contribution is -0.149. The van der Waals surface area contributed by atoms with Crippen LogP contribution in [0.15, 0.2) is 0 Å². The van der Waals surface area contributed by atoms with E-state index in [1.807, 2.05) is 4.90 Å². The van der Waals surface area contributed by atoms with Gasteiger partial charge in [-0.2, -0.15) is 13.2 Å². The highest BCUT2D eigenvalue weighted by atomic mass is 19.4. The van der Waals surface area contributed by atoms with Crippen molar-refractivity contribution in [3.05, 3.63) is 0 Å². The molecule has 3 nitrogen and oxygen atoms in total. The Hall–Kier alpha value is -0.330. The molecule has 1 aliphatic heterocycles. The van der Waals surface area contributed by atoms with Crippen LogP contribution in [-0.2, 0) is 0 Å². The second-order valence-electron chi connectivity index (χ2n) is 6.25. The van der Waals surface area contributed by atoms with Gasteiger partial charge >= 0.3 is 6.18 Å². The van der Waals surface area contributed by atoms with Gasteiger partial charge in [0, 0.05) is 38.1 Å². The number of nitrogens with one attached hydrogen (secondary N) is 1. The third-order valence-corrected chi connectivity index (χ3v) is 4.38. The molecule has 20 heavy (non-hydrogen) atoms. The quantitative estimate of drug-likeness (QED) is 0.815. The Morgan fingerprint density at radius 3 is 2.40 bits per heavy atom. The summed E-state index contributed by atoms with van der Waals surface area (Å²) in [6.45, 7) is 1.68. The molecule has 0 aromatic rings. The Balaban J connectivity index is 1.89. The summed E-state index contributed by atoms with van der Waals surface area (Å²) in [6, 6.07) is 0.603. The molecule has 1 heterocycles. The van der Waals surface area contributed by atoms with Gasteiger partial charge in [-0.3, -0.25) is 4.90 Å². The fraction of sp³-hybridized carbons (Fsp3) is 1.00. The highest BCUT2D eigenvalue weighted by molar-refractivity contribution is 4.87. The molecule has 2 unspecified atom stereocenters. The van der Waals surface area contributed by atoms with Crippen molar-refractivity contribution in [2.45, 2.75) is 56.8 Å². The number of likely N-dealkylation sites (tertiary alicyclic amines) is 1. The summed E-state index contributed by atoms with van der Waals surface area (Å²) in [5.41, 5.74) is 0. The van der Waals surface area contributed by atoms with Gasteiger partial charge in [-0.1, -0.05) is 12.8 Å². The van der Waals surface area contributed by atoms with Crippen molar-refractivity contribution >= 4 is 0 Å². The number of alkyl halides is 3. The molecule has 2 fully saturated rings. The zero-order valence-corrected chi connectivity index (χ0v) is 11.8. The molecule has 2 aliphatic rings. The van der Waals surface area contributed by atoms with Gasteiger partial charge in [-0.05, 0) is 25.2 Å². The number of aliphatic hydroxyl groups is 1. The van der Waals surface area contributed by atoms with Crippen LogP contribution in [0.4, 0.5) is 13.2 Å². The largest absolute Gasteiger partial charge is 0.395 e. The smallest absolute Gasteiger partial charge is 0.389 e. The van der Waals surface area contributed by atoms with Gasteiger partial charge in [-0.25, -0.2) is 0 Å². The summed E-state index contributed by atoms with van der Waals surface area (Å²) in [5, 5.41) is 12.6. The lowest BCUT2D eigenvalue weighted by Crippen LogP contribution is -2.52. The van der Waals surface area contributed by atoms with E-state index in [4.69, 9.17) is 5.11 Å². The van der Waals surface area contributed by atoms with Crippen LogP contribution in [0.5, 0.6) is 0 Å². The van der Waals surface area contributed by atoms with Crippen molar-refractivity contribution in [2.24, 2.45) is 5.92 Å². The normalized spacial score (nSPS) is 30.0. The molecule has 1 saturated carbocycles. The molecular weight excluding hydrogens is 269 g/mol. The number of rotatable bonds is 5. The number of aliphatic hydroxyl groups excluding tert-OH is 1. The molecule has 2 N–H and O–H groups in total. The molecule has 0 bridgehead atoms. The lowest BCUT2D eigenvalue weighted by Gasteiger charge is -2.39. The average Bonchev–Trinajstić information content (AvgIpc) is 2.79. The number of β-amino-alcohol motifs (C(OH)–C–C–N with tert-alkyl or cyclic N) is 1. The minimum absolute atomic E-state index is 0.00882. The van der Waals surface area contributed by atoms with E-state index in [1.165, 1.54) is 12.8 Å². The number of nitrogens with zero attached hydrogens (tertiary/aromatic N) is 1. The van der Waals surface area contributed by atoms with Crippen LogP contribution in [0.3, 0.4) is 0 Å². The summed E-state index contributed by atoms with van der Waals surface area (Å²) in [5.74, 6) is -0.353. The number of hydrogen-bond donors (Lipinski definition) is 2. The summed E-state index contributed by atoms with van der Waals surface area (Å²) >= 11 is 0. The average molecular weight is 294 g/mol. The van der Waals surface area contributed by atoms with E-state index in [2.05, 4.69) is 5.32 Å². The summed E-state index contributed by atoms with van der Waals surface area (Å²) < 4.78 is 37.8. The monoisotopic (exact) mass is 294 g/mol. The molecular formula is C14H25F3N2O. The van der Waals surface area contributed by atoms with E-state index in [0.717, 1.165) is 19.4 Å². The first-order chi connectivity index (χ1) is 9.46. The SMILES string of the molecule is OCCN1CC(CC(F)(F)F)CC(NC2CCCC2)C1. The third kappa shape index (κ3) is 5.22. The van der Waals surface area contributed by atoms with Crippen LogP contribution < -0.4 is 5.32 Å². The van der Waals surface area contributed by atoms with Crippen molar-refractivity contribution in [1.29, 1.82) is 0 Å². The minimum Gasteiger partial charge on any atom is -0.395 e. The maximum atomic E-state index is 12.6. The summed E-state index contributed by atoms with van der Waals surface area (Å²) in [7, 11) is 0. The molecule has 6 heteroatoms. The molecule has 118 valence electrons. The van der Waals surface area contributed by atoms with Gasteiger partial charge in [0.1, 0.15) is 0 Å². The van der Waals surface area contributed by atoms with Crippen LogP contribution in [-0.4, -0.2) is 54.5 Å². The van der Waals surface area contributed by atoms with Gasteiger partial charge in [-0.15, -0.1) is 0 Å². The molecule has 0 aromatic carbocycles. The van der Waals surface area contributed by atoms with Gasteiger partial charge < -0.3 is 10.4 Å². The lowest BCUT2D eigenvalue weighted by atomic mass is 9.90. The van der Waals surface area contributed by atoms with Gasteiger partial charge in [0.25, 0.3) is 0 Å². The Bertz CT molecular complexity index is 293. The van der Waals surface area contributed by atoms with E-state index in [-0.39, 0.29) is 18.6 Å². The van der Waals surface area contributed by atoms with E-state index in [0.29, 0.717) is 25.6 Å². The minimum atomic E-state index is -4.09. The first-order valence-corrected chi connectivity index (χ1v) is 7.62. The van der Waals surface area contributed by atoms with Crippen LogP contribution in [0.25, 0.3) is 0 Å². The summed E-state index contributed by atoms with van der Waals surface area (Å²) in [6.07, 6.45) is 0.509. The Morgan fingerprint density at radius 1 is 1.10 bits per heavy atom. The first kappa shape index (κ1) is 16.0. The molecule has 2 atom stereocenters. The van der Waals surface area contributed by atoms with Crippen LogP contribution in [0.2, 0.25) is 0 Å². The maximum absolute atomic E-state index is 12.6. The fourth-order valence-corrected chi connectivity index (χ4v) is 3.65. The van der Waals surface area contributed by atoms with E-state index >= 15 is 0 Å². The molecule has 0 radical (unpaired) electrons. The highest BCUT2D eigenvalue weighted by Crippen LogP contribution is 2.31. The molecule has 0 aromatic heterocycles. The van der Waals surface area contributed by atoms with Crippen molar-refractivity contribution in [3.63, 3.8) is 0 Å². The number of halogens is 3. The second kappa shape index (κ2) is 7.09. The topological polar surface area (TPSA) is 35.5 Å². The molecule has 1 saturated heterocycles. The Kier molecular flexibility index (Phi) is 5.69. The first-order valence-electron chi connectivity index (χ1n) is 7.62. The van der Waals surface area contributed by atoms with Crippen LogP contribution in [0, 0.1) is 5.92 Å². The van der Waals surface area contributed by atoms with Crippen molar-refractivity contribution in [1.82, 2.24) is 10.2 Å². The fourth-order valence-electron chi connectivity index (χ4n) is 3.65. The van der Waals surface area contributed by atoms with Crippen LogP contribution >= 0.6 is 0 Å². The Labute approximate surface area is 118 Å². The standard InChI is InChI=1S/C14H25F3N2O/c15-14(16,17)8-11-7-13(10-19(9-11)5-6-20)18-12-3-1-2-4-12/h11-13,18,20H,1-10H2. The molecule has 1 aliphatic carbocycles. The zero-order valence-electron chi connectivity index (χ0n) is 11.8. The number of piperidine rings is 1. The van der Waals surface area contributed by atoms with E-state index in [1.54, 1.807) is 0 Å². The van der Waals surface area contributed by atoms with Gasteiger partial charge in [0.05, 0.1) is 6.61 Å². The zero-order chi connectivity index (χ0) is 14.6. The van der Waals surface area contributed by atoms with Crippen molar-refractivity contribution < 1.29 is 18.3 Å². The summed E-state index contributed by atoms with van der Waals surface area (Å²) in [4.78, 5) is 1.96. The Morgan fingerprint density at radius 2 is 1.80 bits per heavy atom. The predicted molar refractivity (Wildman–Crippen MR) is 71.5 cm³/mol. The van der Waals surface area contributed by atoms with Gasteiger partial charge in [0.2, 0.25) is 0 Å². The number of hydrogen-bond acceptors (Lipinski definition) is 3. The highest BCUT2D eigenvalue weighted by Gasteiger charge is 2.37. The van der Waals surface area contributed by atoms with E-state index < -0.39 is 12.6 Å². The van der Waals surface area contributed by atoms with Gasteiger partial charge in [0.15, 0.2) is 0 Å². The molecule has 0 amide bonds. The predicted octanol–water partition coefficient (Wildman–Crippen LogP) is 2.15. The third-order valence-electron chi connectivity index (χ3n) is 4.38. The van der Waals surface area contributed by atoms with Crippen LogP contribution in [0.1, 0.15) is 38.5 Å².